The van der Waals surface area contributed by atoms with Crippen LogP contribution in [0.15, 0.2) is 24.5 Å². The first-order valence-corrected chi connectivity index (χ1v) is 6.82. The van der Waals surface area contributed by atoms with E-state index >= 15 is 0 Å². The minimum atomic E-state index is 0.227. The summed E-state index contributed by atoms with van der Waals surface area (Å²) in [7, 11) is 0. The average Bonchev–Trinajstić information content (AvgIpc) is 2.44. The predicted molar refractivity (Wildman–Crippen MR) is 79.6 cm³/mol. The minimum absolute atomic E-state index is 0.227. The molecule has 0 atom stereocenters. The maximum Gasteiger partial charge on any atom is 0.138 e. The van der Waals surface area contributed by atoms with Crippen LogP contribution in [0.4, 0.5) is 5.82 Å². The third-order valence-corrected chi connectivity index (χ3v) is 2.76. The Morgan fingerprint density at radius 2 is 2.00 bits per heavy atom. The molecule has 0 aliphatic rings. The molecule has 2 aromatic rings. The highest BCUT2D eigenvalue weighted by Crippen LogP contribution is 2.24. The summed E-state index contributed by atoms with van der Waals surface area (Å²) in [4.78, 5) is 13.0. The molecule has 106 valence electrons. The van der Waals surface area contributed by atoms with Crippen LogP contribution >= 0.6 is 0 Å². The zero-order valence-corrected chi connectivity index (χ0v) is 12.1. The number of ether oxygens (including phenoxy) is 1. The molecule has 0 saturated heterocycles. The highest BCUT2D eigenvalue weighted by Gasteiger charge is 2.09. The molecule has 0 aliphatic carbocycles. The van der Waals surface area contributed by atoms with Gasteiger partial charge in [-0.25, -0.2) is 9.97 Å². The number of hydrogen-bond donors (Lipinski definition) is 1. The fraction of sp³-hybridized carbons (Fsp3) is 0.400. The summed E-state index contributed by atoms with van der Waals surface area (Å²) in [5.74, 6) is 2.18. The lowest BCUT2D eigenvalue weighted by molar-refractivity contribution is 0.316. The van der Waals surface area contributed by atoms with Crippen LogP contribution in [-0.4, -0.2) is 21.6 Å². The second-order valence-electron chi connectivity index (χ2n) is 4.95. The van der Waals surface area contributed by atoms with Crippen molar-refractivity contribution < 1.29 is 4.74 Å². The first kappa shape index (κ1) is 14.2. The van der Waals surface area contributed by atoms with Crippen molar-refractivity contribution in [1.82, 2.24) is 15.0 Å². The van der Waals surface area contributed by atoms with E-state index in [0.29, 0.717) is 12.4 Å². The van der Waals surface area contributed by atoms with E-state index in [4.69, 9.17) is 10.5 Å². The molecule has 0 unspecified atom stereocenters. The van der Waals surface area contributed by atoms with Gasteiger partial charge in [-0.1, -0.05) is 20.8 Å². The van der Waals surface area contributed by atoms with Gasteiger partial charge in [-0.15, -0.1) is 0 Å². The van der Waals surface area contributed by atoms with Gasteiger partial charge in [0.25, 0.3) is 0 Å². The van der Waals surface area contributed by atoms with E-state index < -0.39 is 0 Å². The van der Waals surface area contributed by atoms with Crippen molar-refractivity contribution >= 4 is 5.82 Å². The van der Waals surface area contributed by atoms with Gasteiger partial charge in [-0.3, -0.25) is 4.98 Å². The Kier molecular flexibility index (Phi) is 4.50. The lowest BCUT2D eigenvalue weighted by atomic mass is 10.1. The molecule has 2 heterocycles. The van der Waals surface area contributed by atoms with E-state index in [9.17, 15) is 0 Å². The van der Waals surface area contributed by atoms with Crippen molar-refractivity contribution in [1.29, 1.82) is 0 Å². The second kappa shape index (κ2) is 6.32. The maximum atomic E-state index is 5.85. The smallest absolute Gasteiger partial charge is 0.138 e. The molecule has 0 saturated carbocycles. The van der Waals surface area contributed by atoms with Gasteiger partial charge in [-0.2, -0.15) is 0 Å². The number of aromatic nitrogens is 3. The van der Waals surface area contributed by atoms with Crippen molar-refractivity contribution in [3.05, 3.63) is 30.4 Å². The van der Waals surface area contributed by atoms with Crippen LogP contribution in [0.1, 0.15) is 38.9 Å². The molecule has 2 N–H and O–H groups in total. The quantitative estimate of drug-likeness (QED) is 0.905. The minimum Gasteiger partial charge on any atom is -0.492 e. The molecular weight excluding hydrogens is 252 g/mol. The van der Waals surface area contributed by atoms with E-state index in [-0.39, 0.29) is 5.92 Å². The SMILES string of the molecule is CCCOc1cncc(-c2cc(N)nc(C(C)C)n2)c1. The topological polar surface area (TPSA) is 73.9 Å². The Hall–Kier alpha value is -2.17. The molecule has 5 nitrogen and oxygen atoms in total. The molecule has 0 amide bonds. The molecule has 0 fully saturated rings. The van der Waals surface area contributed by atoms with Gasteiger partial charge in [-0.05, 0) is 12.5 Å². The Morgan fingerprint density at radius 1 is 1.20 bits per heavy atom. The summed E-state index contributed by atoms with van der Waals surface area (Å²) in [6.07, 6.45) is 4.42. The lowest BCUT2D eigenvalue weighted by Crippen LogP contribution is -2.03. The van der Waals surface area contributed by atoms with Crippen LogP contribution in [0.3, 0.4) is 0 Å². The lowest BCUT2D eigenvalue weighted by Gasteiger charge is -2.09. The number of anilines is 1. The third-order valence-electron chi connectivity index (χ3n) is 2.76. The molecule has 2 aromatic heterocycles. The normalized spacial score (nSPS) is 10.8. The fourth-order valence-corrected chi connectivity index (χ4v) is 1.75. The summed E-state index contributed by atoms with van der Waals surface area (Å²) in [6, 6.07) is 3.68. The Bertz CT molecular complexity index is 584. The van der Waals surface area contributed by atoms with Crippen LogP contribution in [0, 0.1) is 0 Å². The molecule has 0 radical (unpaired) electrons. The van der Waals surface area contributed by atoms with E-state index in [1.54, 1.807) is 18.5 Å². The number of nitrogen functional groups attached to an aromatic ring is 1. The molecule has 0 aromatic carbocycles. The summed E-state index contributed by atoms with van der Waals surface area (Å²) in [6.45, 7) is 6.82. The summed E-state index contributed by atoms with van der Waals surface area (Å²) in [5, 5.41) is 0. The Morgan fingerprint density at radius 3 is 2.70 bits per heavy atom. The molecule has 5 heteroatoms. The van der Waals surface area contributed by atoms with Crippen LogP contribution in [0.2, 0.25) is 0 Å². The van der Waals surface area contributed by atoms with Crippen LogP contribution in [-0.2, 0) is 0 Å². The first-order valence-electron chi connectivity index (χ1n) is 6.82. The van der Waals surface area contributed by atoms with E-state index in [2.05, 4.69) is 21.9 Å². The molecule has 20 heavy (non-hydrogen) atoms. The Labute approximate surface area is 119 Å². The number of nitrogens with two attached hydrogens (primary N) is 1. The largest absolute Gasteiger partial charge is 0.492 e. The number of nitrogens with zero attached hydrogens (tertiary/aromatic N) is 3. The predicted octanol–water partition coefficient (Wildman–Crippen LogP) is 3.03. The zero-order chi connectivity index (χ0) is 14.5. The fourth-order valence-electron chi connectivity index (χ4n) is 1.75. The van der Waals surface area contributed by atoms with Gasteiger partial charge >= 0.3 is 0 Å². The third kappa shape index (κ3) is 3.44. The van der Waals surface area contributed by atoms with Gasteiger partial charge in [0.05, 0.1) is 18.5 Å². The van der Waals surface area contributed by atoms with Crippen molar-refractivity contribution in [2.75, 3.05) is 12.3 Å². The summed E-state index contributed by atoms with van der Waals surface area (Å²) in [5.41, 5.74) is 7.51. The Balaban J connectivity index is 2.35. The number of hydrogen-bond acceptors (Lipinski definition) is 5. The van der Waals surface area contributed by atoms with E-state index in [1.807, 2.05) is 19.9 Å². The molecule has 0 aliphatic heterocycles. The maximum absolute atomic E-state index is 5.85. The van der Waals surface area contributed by atoms with E-state index in [0.717, 1.165) is 29.3 Å². The standard InChI is InChI=1S/C15H20N4O/c1-4-5-20-12-6-11(8-17-9-12)13-7-14(16)19-15(18-13)10(2)3/h6-10H,4-5H2,1-3H3,(H2,16,18,19). The molecule has 0 bridgehead atoms. The van der Waals surface area contributed by atoms with E-state index in [1.165, 1.54) is 0 Å². The summed E-state index contributed by atoms with van der Waals surface area (Å²) < 4.78 is 5.59. The van der Waals surface area contributed by atoms with Crippen LogP contribution in [0.25, 0.3) is 11.3 Å². The average molecular weight is 272 g/mol. The van der Waals surface area contributed by atoms with Gasteiger partial charge in [0, 0.05) is 23.7 Å². The first-order chi connectivity index (χ1) is 9.60. The summed E-state index contributed by atoms with van der Waals surface area (Å²) >= 11 is 0. The van der Waals surface area contributed by atoms with Gasteiger partial charge < -0.3 is 10.5 Å². The highest BCUT2D eigenvalue weighted by molar-refractivity contribution is 5.62. The number of pyridine rings is 1. The second-order valence-corrected chi connectivity index (χ2v) is 4.95. The molecular formula is C15H20N4O. The zero-order valence-electron chi connectivity index (χ0n) is 12.1. The monoisotopic (exact) mass is 272 g/mol. The molecule has 2 rings (SSSR count). The van der Waals surface area contributed by atoms with Crippen molar-refractivity contribution in [3.8, 4) is 17.0 Å². The van der Waals surface area contributed by atoms with Gasteiger partial charge in [0.2, 0.25) is 0 Å². The highest BCUT2D eigenvalue weighted by atomic mass is 16.5. The van der Waals surface area contributed by atoms with Gasteiger partial charge in [0.15, 0.2) is 0 Å². The van der Waals surface area contributed by atoms with Crippen LogP contribution in [0.5, 0.6) is 5.75 Å². The molecule has 0 spiro atoms. The van der Waals surface area contributed by atoms with Crippen molar-refractivity contribution in [3.63, 3.8) is 0 Å². The van der Waals surface area contributed by atoms with Gasteiger partial charge in [0.1, 0.15) is 17.4 Å². The van der Waals surface area contributed by atoms with Crippen LogP contribution < -0.4 is 10.5 Å². The number of rotatable bonds is 5. The van der Waals surface area contributed by atoms with Crippen molar-refractivity contribution in [2.24, 2.45) is 0 Å². The van der Waals surface area contributed by atoms with Crippen molar-refractivity contribution in [2.45, 2.75) is 33.1 Å².